The van der Waals surface area contributed by atoms with Crippen LogP contribution in [0.1, 0.15) is 16.5 Å². The van der Waals surface area contributed by atoms with Gasteiger partial charge in [-0.15, -0.1) is 11.3 Å². The Morgan fingerprint density at radius 3 is 2.38 bits per heavy atom. The zero-order valence-electron chi connectivity index (χ0n) is 15.3. The van der Waals surface area contributed by atoms with Gasteiger partial charge in [-0.05, 0) is 41.3 Å². The first-order valence-corrected chi connectivity index (χ1v) is 10.5. The Kier molecular flexibility index (Phi) is 4.62. The van der Waals surface area contributed by atoms with E-state index in [-0.39, 0.29) is 24.4 Å². The maximum Gasteiger partial charge on any atom is 0.262 e. The quantitative estimate of drug-likeness (QED) is 0.581. The van der Waals surface area contributed by atoms with Crippen molar-refractivity contribution < 1.29 is 14.4 Å². The number of amides is 2. The van der Waals surface area contributed by atoms with Crippen LogP contribution in [0, 0.1) is 5.92 Å². The maximum atomic E-state index is 13.3. The van der Waals surface area contributed by atoms with Gasteiger partial charge < -0.3 is 0 Å². The number of imide groups is 1. The van der Waals surface area contributed by atoms with E-state index in [2.05, 4.69) is 0 Å². The summed E-state index contributed by atoms with van der Waals surface area (Å²) in [6, 6.07) is 20.3. The molecule has 2 saturated heterocycles. The molecule has 2 aliphatic heterocycles. The van der Waals surface area contributed by atoms with Crippen LogP contribution in [-0.2, 0) is 21.0 Å². The van der Waals surface area contributed by atoms with Crippen LogP contribution < -0.4 is 5.06 Å². The molecule has 5 rings (SSSR count). The van der Waals surface area contributed by atoms with Crippen molar-refractivity contribution in [1.82, 2.24) is 4.90 Å². The topological polar surface area (TPSA) is 49.9 Å². The minimum atomic E-state index is -0.825. The minimum Gasteiger partial charge on any atom is -0.275 e. The number of fused-ring (bicyclic) bond motifs is 1. The van der Waals surface area contributed by atoms with E-state index in [1.807, 2.05) is 60.0 Å². The third kappa shape index (κ3) is 3.13. The number of anilines is 1. The lowest BCUT2D eigenvalue weighted by molar-refractivity contribution is -0.143. The average Bonchev–Trinajstić information content (AvgIpc) is 3.44. The fourth-order valence-corrected chi connectivity index (χ4v) is 4.93. The van der Waals surface area contributed by atoms with Gasteiger partial charge in [0.2, 0.25) is 5.91 Å². The smallest absolute Gasteiger partial charge is 0.262 e. The van der Waals surface area contributed by atoms with Crippen LogP contribution in [0.4, 0.5) is 5.69 Å². The molecular formula is C22H17ClN2O3S. The Balaban J connectivity index is 1.50. The van der Waals surface area contributed by atoms with Gasteiger partial charge in [-0.1, -0.05) is 48.0 Å². The second-order valence-corrected chi connectivity index (χ2v) is 8.48. The van der Waals surface area contributed by atoms with Crippen molar-refractivity contribution in [1.29, 1.82) is 0 Å². The Morgan fingerprint density at radius 1 is 0.931 bits per heavy atom. The van der Waals surface area contributed by atoms with E-state index in [0.29, 0.717) is 5.02 Å². The summed E-state index contributed by atoms with van der Waals surface area (Å²) in [5.41, 5.74) is 1.67. The number of hydrogen-bond acceptors (Lipinski definition) is 5. The fraction of sp³-hybridized carbons (Fsp3) is 0.182. The molecule has 0 aliphatic carbocycles. The van der Waals surface area contributed by atoms with Crippen molar-refractivity contribution in [2.24, 2.45) is 5.92 Å². The highest BCUT2D eigenvalue weighted by Crippen LogP contribution is 2.48. The van der Waals surface area contributed by atoms with E-state index in [1.54, 1.807) is 28.5 Å². The van der Waals surface area contributed by atoms with Gasteiger partial charge in [-0.3, -0.25) is 19.3 Å². The summed E-state index contributed by atoms with van der Waals surface area (Å²) in [4.78, 5) is 34.8. The lowest BCUT2D eigenvalue weighted by Crippen LogP contribution is -2.36. The number of benzene rings is 2. The summed E-state index contributed by atoms with van der Waals surface area (Å²) in [6.07, 6.45) is -0.825. The Hall–Kier alpha value is -2.67. The molecular weight excluding hydrogens is 408 g/mol. The molecule has 0 saturated carbocycles. The van der Waals surface area contributed by atoms with Crippen LogP contribution in [0.25, 0.3) is 0 Å². The van der Waals surface area contributed by atoms with Crippen molar-refractivity contribution in [3.05, 3.63) is 87.6 Å². The second kappa shape index (κ2) is 7.30. The van der Waals surface area contributed by atoms with Crippen LogP contribution in [0.2, 0.25) is 5.02 Å². The van der Waals surface area contributed by atoms with Gasteiger partial charge in [-0.25, -0.2) is 5.06 Å². The summed E-state index contributed by atoms with van der Waals surface area (Å²) >= 11 is 7.57. The first-order valence-electron chi connectivity index (χ1n) is 9.27. The van der Waals surface area contributed by atoms with E-state index < -0.39 is 12.0 Å². The predicted octanol–water partition coefficient (Wildman–Crippen LogP) is 4.45. The minimum absolute atomic E-state index is 0.196. The van der Waals surface area contributed by atoms with E-state index in [1.165, 1.54) is 4.90 Å². The van der Waals surface area contributed by atoms with Gasteiger partial charge in [0, 0.05) is 9.90 Å². The highest BCUT2D eigenvalue weighted by atomic mass is 35.5. The Bertz CT molecular complexity index is 1040. The predicted molar refractivity (Wildman–Crippen MR) is 111 cm³/mol. The lowest BCUT2D eigenvalue weighted by Gasteiger charge is -2.27. The molecule has 0 radical (unpaired) electrons. The maximum absolute atomic E-state index is 13.3. The van der Waals surface area contributed by atoms with Gasteiger partial charge in [0.15, 0.2) is 6.10 Å². The number of hydroxylamine groups is 1. The molecule has 0 spiro atoms. The van der Waals surface area contributed by atoms with Gasteiger partial charge in [0.05, 0.1) is 12.2 Å². The number of carbonyl (C=O) groups excluding carboxylic acids is 2. The van der Waals surface area contributed by atoms with E-state index in [4.69, 9.17) is 16.4 Å². The van der Waals surface area contributed by atoms with Crippen LogP contribution in [0.5, 0.6) is 0 Å². The number of hydrogen-bond donors (Lipinski definition) is 0. The lowest BCUT2D eigenvalue weighted by atomic mass is 9.95. The van der Waals surface area contributed by atoms with E-state index in [9.17, 15) is 9.59 Å². The number of halogens is 1. The molecule has 0 unspecified atom stereocenters. The number of thiophene rings is 1. The summed E-state index contributed by atoms with van der Waals surface area (Å²) in [7, 11) is 0. The molecule has 2 fully saturated rings. The number of rotatable bonds is 4. The van der Waals surface area contributed by atoms with Crippen LogP contribution in [0.3, 0.4) is 0 Å². The zero-order chi connectivity index (χ0) is 20.0. The van der Waals surface area contributed by atoms with Crippen LogP contribution in [0.15, 0.2) is 72.1 Å². The van der Waals surface area contributed by atoms with Gasteiger partial charge >= 0.3 is 0 Å². The van der Waals surface area contributed by atoms with Crippen LogP contribution in [-0.4, -0.2) is 22.8 Å². The third-order valence-electron chi connectivity index (χ3n) is 5.31. The molecule has 146 valence electrons. The van der Waals surface area contributed by atoms with Crippen molar-refractivity contribution >= 4 is 40.4 Å². The van der Waals surface area contributed by atoms with Gasteiger partial charge in [0.1, 0.15) is 12.0 Å². The van der Waals surface area contributed by atoms with Gasteiger partial charge in [0.25, 0.3) is 5.91 Å². The molecule has 3 atom stereocenters. The first kappa shape index (κ1) is 18.4. The summed E-state index contributed by atoms with van der Waals surface area (Å²) in [6.45, 7) is 0.257. The second-order valence-electron chi connectivity index (χ2n) is 7.06. The number of nitrogens with zero attached hydrogens (tertiary/aromatic N) is 2. The number of likely N-dealkylation sites (tertiary alicyclic amines) is 1. The molecule has 2 aliphatic rings. The molecule has 7 heteroatoms. The normalized spacial score (nSPS) is 23.7. The molecule has 0 bridgehead atoms. The highest BCUT2D eigenvalue weighted by Gasteiger charge is 2.60. The van der Waals surface area contributed by atoms with Crippen molar-refractivity contribution in [3.63, 3.8) is 0 Å². The largest absolute Gasteiger partial charge is 0.275 e. The summed E-state index contributed by atoms with van der Waals surface area (Å²) in [5.74, 6) is -1.07. The van der Waals surface area contributed by atoms with Crippen molar-refractivity contribution in [2.45, 2.75) is 18.7 Å². The molecule has 2 aromatic carbocycles. The monoisotopic (exact) mass is 424 g/mol. The van der Waals surface area contributed by atoms with E-state index >= 15 is 0 Å². The standard InChI is InChI=1S/C22H17ClN2O3S/c23-15-8-10-16(11-9-15)25-19(17-7-4-12-29-17)18-20(28-25)22(27)24(21(18)26)13-14-5-2-1-3-6-14/h1-12,18-20H,13H2/t18-,19+,20+/m1/s1. The Labute approximate surface area is 177 Å². The van der Waals surface area contributed by atoms with Crippen molar-refractivity contribution in [2.75, 3.05) is 5.06 Å². The third-order valence-corrected chi connectivity index (χ3v) is 6.50. The zero-order valence-corrected chi connectivity index (χ0v) is 16.8. The highest BCUT2D eigenvalue weighted by molar-refractivity contribution is 7.10. The Morgan fingerprint density at radius 2 is 1.69 bits per heavy atom. The molecule has 0 N–H and O–H groups in total. The first-order chi connectivity index (χ1) is 14.1. The van der Waals surface area contributed by atoms with E-state index in [0.717, 1.165) is 16.1 Å². The fourth-order valence-electron chi connectivity index (χ4n) is 3.95. The number of carbonyl (C=O) groups is 2. The average molecular weight is 425 g/mol. The summed E-state index contributed by atoms with van der Waals surface area (Å²) in [5, 5.41) is 4.26. The molecule has 1 aromatic heterocycles. The molecule has 2 amide bonds. The van der Waals surface area contributed by atoms with Gasteiger partial charge in [-0.2, -0.15) is 0 Å². The molecule has 3 aromatic rings. The van der Waals surface area contributed by atoms with Crippen molar-refractivity contribution in [3.8, 4) is 0 Å². The SMILES string of the molecule is O=C1[C@H]2[C@H](ON(c3ccc(Cl)cc3)[C@H]2c2cccs2)C(=O)N1Cc1ccccc1. The van der Waals surface area contributed by atoms with Crippen LogP contribution >= 0.6 is 22.9 Å². The molecule has 29 heavy (non-hydrogen) atoms. The molecule has 3 heterocycles. The molecule has 5 nitrogen and oxygen atoms in total. The summed E-state index contributed by atoms with van der Waals surface area (Å²) < 4.78 is 0.